The van der Waals surface area contributed by atoms with Gasteiger partial charge in [-0.2, -0.15) is 0 Å². The van der Waals surface area contributed by atoms with E-state index in [2.05, 4.69) is 0 Å². The topological polar surface area (TPSA) is 99.2 Å². The average molecular weight is 371 g/mol. The predicted molar refractivity (Wildman–Crippen MR) is 89.7 cm³/mol. The minimum absolute atomic E-state index is 0.0626. The molecule has 1 aromatic carbocycles. The van der Waals surface area contributed by atoms with Crippen molar-refractivity contribution >= 4 is 21.7 Å². The zero-order chi connectivity index (χ0) is 18.6. The molecule has 1 aromatic rings. The second kappa shape index (κ2) is 7.73. The molecule has 0 radical (unpaired) electrons. The molecule has 0 aromatic heterocycles. The molecule has 25 heavy (non-hydrogen) atoms. The van der Waals surface area contributed by atoms with Gasteiger partial charge >= 0.3 is 5.97 Å². The van der Waals surface area contributed by atoms with Crippen molar-refractivity contribution in [2.75, 3.05) is 39.4 Å². The molecule has 8 nitrogen and oxygen atoms in total. The Morgan fingerprint density at radius 3 is 2.52 bits per heavy atom. The van der Waals surface area contributed by atoms with E-state index in [4.69, 9.17) is 14.2 Å². The Morgan fingerprint density at radius 2 is 1.96 bits per heavy atom. The molecule has 1 aliphatic rings. The Kier molecular flexibility index (Phi) is 5.89. The number of nitrogens with zero attached hydrogens (tertiary/aromatic N) is 1. The van der Waals surface area contributed by atoms with E-state index in [0.717, 1.165) is 0 Å². The number of rotatable bonds is 6. The molecule has 9 heteroatoms. The van der Waals surface area contributed by atoms with Crippen molar-refractivity contribution in [2.45, 2.75) is 12.5 Å². The standard InChI is InChI=1S/C16H21NO7S/c1-17(11-6-7-25(20,21)10-11)15(18)9-24-16(19)13-8-12(22-2)4-5-14(13)23-3/h4-5,8,11H,6-7,9-10H2,1-3H3/t11-/m1/s1. The molecule has 0 saturated carbocycles. The first kappa shape index (κ1) is 19.0. The number of benzene rings is 1. The van der Waals surface area contributed by atoms with Crippen LogP contribution in [0.5, 0.6) is 11.5 Å². The summed E-state index contributed by atoms with van der Waals surface area (Å²) < 4.78 is 38.2. The number of sulfone groups is 1. The van der Waals surface area contributed by atoms with Crippen LogP contribution in [0.25, 0.3) is 0 Å². The van der Waals surface area contributed by atoms with Gasteiger partial charge in [0.05, 0.1) is 25.7 Å². The number of carbonyl (C=O) groups is 2. The lowest BCUT2D eigenvalue weighted by molar-refractivity contribution is -0.134. The van der Waals surface area contributed by atoms with Gasteiger partial charge in [-0.25, -0.2) is 13.2 Å². The van der Waals surface area contributed by atoms with Crippen LogP contribution in [0.4, 0.5) is 0 Å². The molecule has 1 atom stereocenters. The maximum Gasteiger partial charge on any atom is 0.342 e. The fourth-order valence-electron chi connectivity index (χ4n) is 2.56. The van der Waals surface area contributed by atoms with E-state index in [1.54, 1.807) is 12.1 Å². The third-order valence-electron chi connectivity index (χ3n) is 4.10. The van der Waals surface area contributed by atoms with Crippen molar-refractivity contribution in [1.82, 2.24) is 4.90 Å². The summed E-state index contributed by atoms with van der Waals surface area (Å²) in [5, 5.41) is 0. The molecular weight excluding hydrogens is 350 g/mol. The van der Waals surface area contributed by atoms with Gasteiger partial charge in [0, 0.05) is 13.1 Å². The molecule has 1 aliphatic heterocycles. The van der Waals surface area contributed by atoms with Crippen LogP contribution in [0, 0.1) is 0 Å². The molecule has 1 heterocycles. The molecule has 0 N–H and O–H groups in total. The fraction of sp³-hybridized carbons (Fsp3) is 0.500. The van der Waals surface area contributed by atoms with Gasteiger partial charge in [0.1, 0.15) is 17.1 Å². The Bertz CT molecular complexity index is 760. The smallest absolute Gasteiger partial charge is 0.342 e. The van der Waals surface area contributed by atoms with E-state index >= 15 is 0 Å². The summed E-state index contributed by atoms with van der Waals surface area (Å²) in [7, 11) is 1.29. The average Bonchev–Trinajstić information content (AvgIpc) is 2.97. The number of esters is 1. The first-order chi connectivity index (χ1) is 11.8. The third kappa shape index (κ3) is 4.62. The van der Waals surface area contributed by atoms with E-state index < -0.39 is 28.3 Å². The highest BCUT2D eigenvalue weighted by Crippen LogP contribution is 2.24. The van der Waals surface area contributed by atoms with E-state index in [9.17, 15) is 18.0 Å². The molecule has 0 aliphatic carbocycles. The summed E-state index contributed by atoms with van der Waals surface area (Å²) in [4.78, 5) is 25.7. The highest BCUT2D eigenvalue weighted by molar-refractivity contribution is 7.91. The van der Waals surface area contributed by atoms with Gasteiger partial charge < -0.3 is 19.1 Å². The summed E-state index contributed by atoms with van der Waals surface area (Å²) in [6.07, 6.45) is 0.391. The van der Waals surface area contributed by atoms with Gasteiger partial charge in [0.15, 0.2) is 16.4 Å². The Balaban J connectivity index is 1.99. The van der Waals surface area contributed by atoms with Crippen LogP contribution in [0.2, 0.25) is 0 Å². The van der Waals surface area contributed by atoms with Crippen LogP contribution < -0.4 is 9.47 Å². The van der Waals surface area contributed by atoms with Crippen LogP contribution in [0.1, 0.15) is 16.8 Å². The molecule has 0 bridgehead atoms. The van der Waals surface area contributed by atoms with E-state index in [1.807, 2.05) is 0 Å². The van der Waals surface area contributed by atoms with Gasteiger partial charge in [-0.3, -0.25) is 4.79 Å². The third-order valence-corrected chi connectivity index (χ3v) is 5.85. The SMILES string of the molecule is COc1ccc(OC)c(C(=O)OCC(=O)N(C)[C@@H]2CCS(=O)(=O)C2)c1. The molecule has 1 fully saturated rings. The van der Waals surface area contributed by atoms with Gasteiger partial charge in [-0.1, -0.05) is 0 Å². The number of methoxy groups -OCH3 is 2. The van der Waals surface area contributed by atoms with Gasteiger partial charge in [-0.15, -0.1) is 0 Å². The first-order valence-corrected chi connectivity index (χ1v) is 9.44. The Hall–Kier alpha value is -2.29. The molecule has 1 amide bonds. The molecule has 1 saturated heterocycles. The fourth-order valence-corrected chi connectivity index (χ4v) is 4.34. The lowest BCUT2D eigenvalue weighted by atomic mass is 10.2. The van der Waals surface area contributed by atoms with Gasteiger partial charge in [0.25, 0.3) is 5.91 Å². The summed E-state index contributed by atoms with van der Waals surface area (Å²) in [6.45, 7) is -0.480. The molecular formula is C16H21NO7S. The molecule has 138 valence electrons. The zero-order valence-corrected chi connectivity index (χ0v) is 15.2. The molecule has 2 rings (SSSR count). The van der Waals surface area contributed by atoms with E-state index in [1.165, 1.54) is 32.2 Å². The quantitative estimate of drug-likeness (QED) is 0.672. The highest BCUT2D eigenvalue weighted by Gasteiger charge is 2.33. The highest BCUT2D eigenvalue weighted by atomic mass is 32.2. The van der Waals surface area contributed by atoms with Crippen LogP contribution in [0.3, 0.4) is 0 Å². The van der Waals surface area contributed by atoms with Crippen LogP contribution in [-0.4, -0.2) is 70.6 Å². The summed E-state index contributed by atoms with van der Waals surface area (Å²) >= 11 is 0. The van der Waals surface area contributed by atoms with Crippen molar-refractivity contribution in [3.8, 4) is 11.5 Å². The summed E-state index contributed by atoms with van der Waals surface area (Å²) in [6, 6.07) is 4.27. The van der Waals surface area contributed by atoms with Crippen molar-refractivity contribution in [2.24, 2.45) is 0 Å². The number of hydrogen-bond acceptors (Lipinski definition) is 7. The normalized spacial score (nSPS) is 18.4. The minimum atomic E-state index is -3.10. The van der Waals surface area contributed by atoms with Crippen LogP contribution >= 0.6 is 0 Å². The number of amides is 1. The largest absolute Gasteiger partial charge is 0.497 e. The van der Waals surface area contributed by atoms with Gasteiger partial charge in [0.2, 0.25) is 0 Å². The number of hydrogen-bond donors (Lipinski definition) is 0. The zero-order valence-electron chi connectivity index (χ0n) is 14.4. The Morgan fingerprint density at radius 1 is 1.24 bits per heavy atom. The van der Waals surface area contributed by atoms with Gasteiger partial charge in [-0.05, 0) is 24.6 Å². The Labute approximate surface area is 146 Å². The summed E-state index contributed by atoms with van der Waals surface area (Å²) in [5.41, 5.74) is 0.140. The second-order valence-electron chi connectivity index (χ2n) is 5.70. The van der Waals surface area contributed by atoms with Crippen molar-refractivity contribution in [1.29, 1.82) is 0 Å². The maximum atomic E-state index is 12.2. The van der Waals surface area contributed by atoms with Crippen molar-refractivity contribution < 1.29 is 32.2 Å². The monoisotopic (exact) mass is 371 g/mol. The number of likely N-dealkylation sites (N-methyl/N-ethyl adjacent to an activating group) is 1. The molecule has 0 unspecified atom stereocenters. The minimum Gasteiger partial charge on any atom is -0.497 e. The maximum absolute atomic E-state index is 12.2. The predicted octanol–water partition coefficient (Wildman–Crippen LogP) is 0.506. The van der Waals surface area contributed by atoms with E-state index in [0.29, 0.717) is 17.9 Å². The lowest BCUT2D eigenvalue weighted by Gasteiger charge is -2.23. The van der Waals surface area contributed by atoms with Crippen molar-refractivity contribution in [3.63, 3.8) is 0 Å². The summed E-state index contributed by atoms with van der Waals surface area (Å²) in [5.74, 6) is -0.433. The number of ether oxygens (including phenoxy) is 3. The van der Waals surface area contributed by atoms with Crippen LogP contribution in [0.15, 0.2) is 18.2 Å². The lowest BCUT2D eigenvalue weighted by Crippen LogP contribution is -2.40. The van der Waals surface area contributed by atoms with E-state index in [-0.39, 0.29) is 23.1 Å². The molecule has 0 spiro atoms. The van der Waals surface area contributed by atoms with Crippen LogP contribution in [-0.2, 0) is 19.4 Å². The number of carbonyl (C=O) groups excluding carboxylic acids is 2. The first-order valence-electron chi connectivity index (χ1n) is 7.62. The second-order valence-corrected chi connectivity index (χ2v) is 7.93. The van der Waals surface area contributed by atoms with Crippen molar-refractivity contribution in [3.05, 3.63) is 23.8 Å².